The quantitative estimate of drug-likeness (QED) is 0.739. The Morgan fingerprint density at radius 1 is 1.43 bits per heavy atom. The molecule has 14 heavy (non-hydrogen) atoms. The van der Waals surface area contributed by atoms with Crippen LogP contribution >= 0.6 is 0 Å². The molecule has 2 rings (SSSR count). The van der Waals surface area contributed by atoms with Crippen LogP contribution in [0.3, 0.4) is 0 Å². The lowest BCUT2D eigenvalue weighted by Gasteiger charge is -2.36. The maximum atomic E-state index is 3.77. The standard InChI is InChI=1S/C12H24N2/c1-10-8-14(3)7-4-11(10)13-9-12(2)5-6-12/h10-11,13H,4-9H2,1-3H3. The van der Waals surface area contributed by atoms with Crippen LogP contribution in [-0.4, -0.2) is 37.6 Å². The summed E-state index contributed by atoms with van der Waals surface area (Å²) in [5, 5.41) is 3.77. The van der Waals surface area contributed by atoms with E-state index in [-0.39, 0.29) is 0 Å². The van der Waals surface area contributed by atoms with E-state index in [0.29, 0.717) is 5.41 Å². The average molecular weight is 196 g/mol. The van der Waals surface area contributed by atoms with E-state index >= 15 is 0 Å². The first-order valence-electron chi connectivity index (χ1n) is 6.01. The first-order valence-corrected chi connectivity index (χ1v) is 6.01. The number of hydrogen-bond donors (Lipinski definition) is 1. The zero-order valence-electron chi connectivity index (χ0n) is 9.84. The number of rotatable bonds is 3. The van der Waals surface area contributed by atoms with Gasteiger partial charge >= 0.3 is 0 Å². The van der Waals surface area contributed by atoms with Gasteiger partial charge in [0, 0.05) is 19.1 Å². The van der Waals surface area contributed by atoms with Crippen molar-refractivity contribution < 1.29 is 0 Å². The van der Waals surface area contributed by atoms with Gasteiger partial charge in [-0.2, -0.15) is 0 Å². The second-order valence-corrected chi connectivity index (χ2v) is 5.83. The van der Waals surface area contributed by atoms with Crippen LogP contribution in [0.2, 0.25) is 0 Å². The molecule has 1 heterocycles. The lowest BCUT2D eigenvalue weighted by atomic mass is 9.93. The molecular formula is C12H24N2. The summed E-state index contributed by atoms with van der Waals surface area (Å²) in [6.45, 7) is 8.54. The molecule has 0 bridgehead atoms. The van der Waals surface area contributed by atoms with Crippen molar-refractivity contribution in [1.82, 2.24) is 10.2 Å². The molecule has 2 nitrogen and oxygen atoms in total. The average Bonchev–Trinajstić information content (AvgIpc) is 2.83. The van der Waals surface area contributed by atoms with E-state index in [4.69, 9.17) is 0 Å². The summed E-state index contributed by atoms with van der Waals surface area (Å²) >= 11 is 0. The van der Waals surface area contributed by atoms with Crippen molar-refractivity contribution in [1.29, 1.82) is 0 Å². The molecule has 0 radical (unpaired) electrons. The van der Waals surface area contributed by atoms with Gasteiger partial charge in [0.2, 0.25) is 0 Å². The van der Waals surface area contributed by atoms with Crippen molar-refractivity contribution in [2.24, 2.45) is 11.3 Å². The van der Waals surface area contributed by atoms with Gasteiger partial charge in [-0.15, -0.1) is 0 Å². The van der Waals surface area contributed by atoms with Gasteiger partial charge in [0.1, 0.15) is 0 Å². The maximum Gasteiger partial charge on any atom is 0.0117 e. The van der Waals surface area contributed by atoms with Gasteiger partial charge in [-0.25, -0.2) is 0 Å². The van der Waals surface area contributed by atoms with E-state index in [0.717, 1.165) is 12.0 Å². The summed E-state index contributed by atoms with van der Waals surface area (Å²) in [6.07, 6.45) is 4.19. The van der Waals surface area contributed by atoms with Crippen molar-refractivity contribution in [3.8, 4) is 0 Å². The van der Waals surface area contributed by atoms with Crippen LogP contribution in [0.25, 0.3) is 0 Å². The summed E-state index contributed by atoms with van der Waals surface area (Å²) in [6, 6.07) is 0.767. The Bertz CT molecular complexity index is 198. The summed E-state index contributed by atoms with van der Waals surface area (Å²) in [5.41, 5.74) is 0.656. The molecule has 2 aliphatic rings. The topological polar surface area (TPSA) is 15.3 Å². The molecule has 0 amide bonds. The molecule has 0 aromatic heterocycles. The lowest BCUT2D eigenvalue weighted by Crippen LogP contribution is -2.48. The van der Waals surface area contributed by atoms with Crippen LogP contribution in [0.15, 0.2) is 0 Å². The minimum atomic E-state index is 0.656. The van der Waals surface area contributed by atoms with Gasteiger partial charge in [0.25, 0.3) is 0 Å². The van der Waals surface area contributed by atoms with Gasteiger partial charge in [0.05, 0.1) is 0 Å². The molecule has 1 aliphatic carbocycles. The van der Waals surface area contributed by atoms with Gasteiger partial charge in [-0.1, -0.05) is 13.8 Å². The lowest BCUT2D eigenvalue weighted by molar-refractivity contribution is 0.171. The van der Waals surface area contributed by atoms with Gasteiger partial charge in [-0.3, -0.25) is 0 Å². The molecule has 0 spiro atoms. The predicted molar refractivity (Wildman–Crippen MR) is 60.4 cm³/mol. The molecule has 0 aromatic carbocycles. The summed E-state index contributed by atoms with van der Waals surface area (Å²) < 4.78 is 0. The molecule has 1 aliphatic heterocycles. The van der Waals surface area contributed by atoms with Crippen LogP contribution in [0.1, 0.15) is 33.1 Å². The maximum absolute atomic E-state index is 3.77. The highest BCUT2D eigenvalue weighted by Crippen LogP contribution is 2.44. The Labute approximate surface area is 88.1 Å². The Morgan fingerprint density at radius 3 is 2.71 bits per heavy atom. The Morgan fingerprint density at radius 2 is 2.14 bits per heavy atom. The Hall–Kier alpha value is -0.0800. The zero-order valence-corrected chi connectivity index (χ0v) is 9.84. The van der Waals surface area contributed by atoms with E-state index < -0.39 is 0 Å². The van der Waals surface area contributed by atoms with Crippen molar-refractivity contribution in [2.45, 2.75) is 39.2 Å². The monoisotopic (exact) mass is 196 g/mol. The van der Waals surface area contributed by atoms with Crippen LogP contribution in [0, 0.1) is 11.3 Å². The SMILES string of the molecule is CC1CN(C)CCC1NCC1(C)CC1. The number of hydrogen-bond acceptors (Lipinski definition) is 2. The number of piperidine rings is 1. The van der Waals surface area contributed by atoms with Gasteiger partial charge < -0.3 is 10.2 Å². The molecule has 1 N–H and O–H groups in total. The summed E-state index contributed by atoms with van der Waals surface area (Å²) in [4.78, 5) is 2.45. The third-order valence-electron chi connectivity index (χ3n) is 4.00. The summed E-state index contributed by atoms with van der Waals surface area (Å²) in [5.74, 6) is 0.816. The number of likely N-dealkylation sites (tertiary alicyclic amines) is 1. The molecule has 2 heteroatoms. The van der Waals surface area contributed by atoms with Crippen molar-refractivity contribution in [3.05, 3.63) is 0 Å². The first-order chi connectivity index (χ1) is 6.59. The van der Waals surface area contributed by atoms with E-state index in [1.54, 1.807) is 0 Å². The fourth-order valence-corrected chi connectivity index (χ4v) is 2.43. The summed E-state index contributed by atoms with van der Waals surface area (Å²) in [7, 11) is 2.23. The van der Waals surface area contributed by atoms with Crippen molar-refractivity contribution in [2.75, 3.05) is 26.7 Å². The third kappa shape index (κ3) is 2.48. The van der Waals surface area contributed by atoms with E-state index in [1.165, 1.54) is 38.9 Å². The second-order valence-electron chi connectivity index (χ2n) is 5.83. The van der Waals surface area contributed by atoms with E-state index in [2.05, 4.69) is 31.1 Å². The smallest absolute Gasteiger partial charge is 0.0117 e. The van der Waals surface area contributed by atoms with Crippen molar-refractivity contribution in [3.63, 3.8) is 0 Å². The highest BCUT2D eigenvalue weighted by molar-refractivity contribution is 4.92. The molecular weight excluding hydrogens is 172 g/mol. The van der Waals surface area contributed by atoms with Gasteiger partial charge in [-0.05, 0) is 44.2 Å². The molecule has 2 unspecified atom stereocenters. The van der Waals surface area contributed by atoms with Crippen LogP contribution in [0.4, 0.5) is 0 Å². The van der Waals surface area contributed by atoms with Crippen molar-refractivity contribution >= 4 is 0 Å². The number of nitrogens with one attached hydrogen (secondary N) is 1. The Kier molecular flexibility index (Phi) is 2.85. The Balaban J connectivity index is 1.74. The zero-order chi connectivity index (χ0) is 10.2. The first kappa shape index (κ1) is 10.4. The highest BCUT2D eigenvalue weighted by atomic mass is 15.1. The molecule has 1 saturated carbocycles. The molecule has 2 atom stereocenters. The molecule has 2 fully saturated rings. The van der Waals surface area contributed by atoms with E-state index in [1.807, 2.05) is 0 Å². The van der Waals surface area contributed by atoms with Crippen LogP contribution < -0.4 is 5.32 Å². The van der Waals surface area contributed by atoms with Crippen LogP contribution in [-0.2, 0) is 0 Å². The molecule has 1 saturated heterocycles. The fourth-order valence-electron chi connectivity index (χ4n) is 2.43. The third-order valence-corrected chi connectivity index (χ3v) is 4.00. The second kappa shape index (κ2) is 3.82. The van der Waals surface area contributed by atoms with Crippen LogP contribution in [0.5, 0.6) is 0 Å². The molecule has 82 valence electrons. The fraction of sp³-hybridized carbons (Fsp3) is 1.00. The minimum absolute atomic E-state index is 0.656. The number of nitrogens with zero attached hydrogens (tertiary/aromatic N) is 1. The minimum Gasteiger partial charge on any atom is -0.313 e. The predicted octanol–water partition coefficient (Wildman–Crippen LogP) is 1.72. The van der Waals surface area contributed by atoms with Gasteiger partial charge in [0.15, 0.2) is 0 Å². The normalized spacial score (nSPS) is 37.1. The highest BCUT2D eigenvalue weighted by Gasteiger charge is 2.37. The van der Waals surface area contributed by atoms with E-state index in [9.17, 15) is 0 Å². The largest absolute Gasteiger partial charge is 0.313 e. The molecule has 0 aromatic rings.